The summed E-state index contributed by atoms with van der Waals surface area (Å²) >= 11 is 0. The zero-order valence-corrected chi connectivity index (χ0v) is 18.1. The predicted octanol–water partition coefficient (Wildman–Crippen LogP) is 2.50. The maximum atomic E-state index is 12.7. The minimum atomic E-state index is -0.838. The monoisotopic (exact) mass is 427 g/mol. The van der Waals surface area contributed by atoms with Gasteiger partial charge < -0.3 is 25.4 Å². The predicted molar refractivity (Wildman–Crippen MR) is 118 cm³/mol. The van der Waals surface area contributed by atoms with Crippen LogP contribution in [0.2, 0.25) is 0 Å². The second-order valence-electron chi connectivity index (χ2n) is 7.02. The van der Waals surface area contributed by atoms with Crippen LogP contribution in [0.1, 0.15) is 36.2 Å². The molecule has 8 nitrogen and oxygen atoms in total. The fourth-order valence-electron chi connectivity index (χ4n) is 2.76. The molecule has 0 fully saturated rings. The number of carbonyl (C=O) groups excluding carboxylic acids is 3. The molecule has 0 bridgehead atoms. The number of rotatable bonds is 10. The van der Waals surface area contributed by atoms with Crippen molar-refractivity contribution in [2.45, 2.75) is 32.9 Å². The first-order valence-electron chi connectivity index (χ1n) is 10.1. The molecule has 2 aromatic rings. The summed E-state index contributed by atoms with van der Waals surface area (Å²) in [5, 5.41) is 7.85. The Labute approximate surface area is 182 Å². The van der Waals surface area contributed by atoms with Crippen molar-refractivity contribution in [2.24, 2.45) is 0 Å². The highest BCUT2D eigenvalue weighted by atomic mass is 16.5. The Hall–Kier alpha value is -3.39. The van der Waals surface area contributed by atoms with Gasteiger partial charge in [-0.25, -0.2) is 0 Å². The SMILES string of the molecule is COc1ccccc1CNC(=O)c1ccccc1NC(=O)C(=O)NCCCOC(C)C. The highest BCUT2D eigenvalue weighted by Crippen LogP contribution is 2.18. The van der Waals surface area contributed by atoms with Crippen molar-refractivity contribution in [1.29, 1.82) is 0 Å². The number of amides is 3. The van der Waals surface area contributed by atoms with E-state index in [0.29, 0.717) is 25.3 Å². The Morgan fingerprint density at radius 1 is 0.935 bits per heavy atom. The van der Waals surface area contributed by atoms with Gasteiger partial charge in [0, 0.05) is 25.3 Å². The molecule has 0 saturated heterocycles. The van der Waals surface area contributed by atoms with Crippen LogP contribution in [-0.4, -0.2) is 44.1 Å². The van der Waals surface area contributed by atoms with Crippen molar-refractivity contribution < 1.29 is 23.9 Å². The minimum absolute atomic E-state index is 0.115. The zero-order valence-electron chi connectivity index (χ0n) is 18.1. The van der Waals surface area contributed by atoms with E-state index < -0.39 is 11.8 Å². The average Bonchev–Trinajstić information content (AvgIpc) is 2.77. The van der Waals surface area contributed by atoms with Crippen molar-refractivity contribution in [2.75, 3.05) is 25.6 Å². The quantitative estimate of drug-likeness (QED) is 0.399. The third kappa shape index (κ3) is 7.75. The number of methoxy groups -OCH3 is 1. The van der Waals surface area contributed by atoms with Crippen molar-refractivity contribution in [3.8, 4) is 5.75 Å². The summed E-state index contributed by atoms with van der Waals surface area (Å²) in [6.45, 7) is 4.92. The van der Waals surface area contributed by atoms with E-state index in [-0.39, 0.29) is 29.8 Å². The molecule has 0 saturated carbocycles. The summed E-state index contributed by atoms with van der Waals surface area (Å²) in [6.07, 6.45) is 0.712. The second-order valence-corrected chi connectivity index (χ2v) is 7.02. The van der Waals surface area contributed by atoms with E-state index in [4.69, 9.17) is 9.47 Å². The molecule has 0 aliphatic heterocycles. The van der Waals surface area contributed by atoms with E-state index in [0.717, 1.165) is 5.56 Å². The van der Waals surface area contributed by atoms with Gasteiger partial charge in [-0.05, 0) is 38.5 Å². The van der Waals surface area contributed by atoms with E-state index in [2.05, 4.69) is 16.0 Å². The lowest BCUT2D eigenvalue weighted by Crippen LogP contribution is -2.36. The molecule has 0 aromatic heterocycles. The molecule has 3 amide bonds. The van der Waals surface area contributed by atoms with E-state index in [1.807, 2.05) is 38.1 Å². The number of para-hydroxylation sites is 2. The second kappa shape index (κ2) is 12.3. The van der Waals surface area contributed by atoms with Gasteiger partial charge in [0.2, 0.25) is 0 Å². The van der Waals surface area contributed by atoms with Gasteiger partial charge in [0.25, 0.3) is 5.91 Å². The first-order chi connectivity index (χ1) is 14.9. The first kappa shape index (κ1) is 23.9. The largest absolute Gasteiger partial charge is 0.496 e. The molecule has 0 radical (unpaired) electrons. The van der Waals surface area contributed by atoms with Gasteiger partial charge in [-0.2, -0.15) is 0 Å². The van der Waals surface area contributed by atoms with Crippen LogP contribution in [0, 0.1) is 0 Å². The minimum Gasteiger partial charge on any atom is -0.496 e. The van der Waals surface area contributed by atoms with Crippen LogP contribution in [0.4, 0.5) is 5.69 Å². The lowest BCUT2D eigenvalue weighted by molar-refractivity contribution is -0.136. The van der Waals surface area contributed by atoms with Gasteiger partial charge in [0.1, 0.15) is 5.75 Å². The average molecular weight is 428 g/mol. The maximum Gasteiger partial charge on any atom is 0.313 e. The number of nitrogens with one attached hydrogen (secondary N) is 3. The van der Waals surface area contributed by atoms with Gasteiger partial charge in [-0.3, -0.25) is 14.4 Å². The number of ether oxygens (including phenoxy) is 2. The molecule has 0 aliphatic carbocycles. The van der Waals surface area contributed by atoms with Crippen molar-refractivity contribution >= 4 is 23.4 Å². The van der Waals surface area contributed by atoms with E-state index in [9.17, 15) is 14.4 Å². The van der Waals surface area contributed by atoms with E-state index in [1.165, 1.54) is 0 Å². The fourth-order valence-corrected chi connectivity index (χ4v) is 2.76. The van der Waals surface area contributed by atoms with Crippen LogP contribution in [0.25, 0.3) is 0 Å². The van der Waals surface area contributed by atoms with Crippen LogP contribution in [0.3, 0.4) is 0 Å². The highest BCUT2D eigenvalue weighted by molar-refractivity contribution is 6.40. The molecule has 0 heterocycles. The molecule has 0 atom stereocenters. The number of anilines is 1. The number of carbonyl (C=O) groups is 3. The van der Waals surface area contributed by atoms with Gasteiger partial charge in [0.05, 0.1) is 24.5 Å². The molecule has 31 heavy (non-hydrogen) atoms. The Morgan fingerprint density at radius 3 is 2.39 bits per heavy atom. The van der Waals surface area contributed by atoms with E-state index in [1.54, 1.807) is 31.4 Å². The molecule has 166 valence electrons. The molecular weight excluding hydrogens is 398 g/mol. The Balaban J connectivity index is 1.92. The normalized spacial score (nSPS) is 10.5. The van der Waals surface area contributed by atoms with Crippen LogP contribution >= 0.6 is 0 Å². The number of hydrogen-bond acceptors (Lipinski definition) is 5. The van der Waals surface area contributed by atoms with Crippen molar-refractivity contribution in [1.82, 2.24) is 10.6 Å². The standard InChI is InChI=1S/C23H29N3O5/c1-16(2)31-14-8-13-24-22(28)23(29)26-19-11-6-5-10-18(19)21(27)25-15-17-9-4-7-12-20(17)30-3/h4-7,9-12,16H,8,13-15H2,1-3H3,(H,24,28)(H,25,27)(H,26,29). The first-order valence-corrected chi connectivity index (χ1v) is 10.1. The van der Waals surface area contributed by atoms with Crippen LogP contribution < -0.4 is 20.7 Å². The summed E-state index contributed by atoms with van der Waals surface area (Å²) in [4.78, 5) is 36.9. The molecule has 8 heteroatoms. The summed E-state index contributed by atoms with van der Waals surface area (Å²) < 4.78 is 10.7. The molecular formula is C23H29N3O5. The Bertz CT molecular complexity index is 898. The van der Waals surface area contributed by atoms with Crippen LogP contribution in [0.5, 0.6) is 5.75 Å². The lowest BCUT2D eigenvalue weighted by Gasteiger charge is -2.13. The highest BCUT2D eigenvalue weighted by Gasteiger charge is 2.17. The summed E-state index contributed by atoms with van der Waals surface area (Å²) in [5.41, 5.74) is 1.33. The van der Waals surface area contributed by atoms with Gasteiger partial charge >= 0.3 is 11.8 Å². The Morgan fingerprint density at radius 2 is 1.65 bits per heavy atom. The van der Waals surface area contributed by atoms with Crippen molar-refractivity contribution in [3.05, 3.63) is 59.7 Å². The maximum absolute atomic E-state index is 12.7. The molecule has 0 unspecified atom stereocenters. The smallest absolute Gasteiger partial charge is 0.313 e. The molecule has 0 aliphatic rings. The molecule has 2 aromatic carbocycles. The van der Waals surface area contributed by atoms with E-state index >= 15 is 0 Å². The zero-order chi connectivity index (χ0) is 22.6. The Kier molecular flexibility index (Phi) is 9.51. The summed E-state index contributed by atoms with van der Waals surface area (Å²) in [6, 6.07) is 13.9. The molecule has 2 rings (SSSR count). The molecule has 0 spiro atoms. The number of hydrogen-bond donors (Lipinski definition) is 3. The van der Waals surface area contributed by atoms with Gasteiger partial charge in [-0.15, -0.1) is 0 Å². The third-order valence-corrected chi connectivity index (χ3v) is 4.32. The fraction of sp³-hybridized carbons (Fsp3) is 0.348. The van der Waals surface area contributed by atoms with Crippen LogP contribution in [0.15, 0.2) is 48.5 Å². The summed E-state index contributed by atoms with van der Waals surface area (Å²) in [5.74, 6) is -1.32. The molecule has 3 N–H and O–H groups in total. The number of benzene rings is 2. The van der Waals surface area contributed by atoms with Gasteiger partial charge in [0.15, 0.2) is 0 Å². The topological polar surface area (TPSA) is 106 Å². The van der Waals surface area contributed by atoms with Crippen LogP contribution in [-0.2, 0) is 20.9 Å². The van der Waals surface area contributed by atoms with Crippen molar-refractivity contribution in [3.63, 3.8) is 0 Å². The van der Waals surface area contributed by atoms with Gasteiger partial charge in [-0.1, -0.05) is 30.3 Å². The lowest BCUT2D eigenvalue weighted by atomic mass is 10.1. The third-order valence-electron chi connectivity index (χ3n) is 4.32. The summed E-state index contributed by atoms with van der Waals surface area (Å²) in [7, 11) is 1.56.